The van der Waals surface area contributed by atoms with Crippen LogP contribution in [0.5, 0.6) is 0 Å². The van der Waals surface area contributed by atoms with Gasteiger partial charge in [-0.3, -0.25) is 4.79 Å². The first kappa shape index (κ1) is 16.2. The van der Waals surface area contributed by atoms with Gasteiger partial charge in [-0.15, -0.1) is 0 Å². The van der Waals surface area contributed by atoms with Crippen LogP contribution in [0.3, 0.4) is 0 Å². The molecule has 0 aromatic rings. The lowest BCUT2D eigenvalue weighted by molar-refractivity contribution is -0.151. The van der Waals surface area contributed by atoms with E-state index in [9.17, 15) is 9.59 Å². The van der Waals surface area contributed by atoms with Gasteiger partial charge in [0.15, 0.2) is 6.10 Å². The van der Waals surface area contributed by atoms with E-state index in [0.717, 1.165) is 19.3 Å². The molecule has 1 amide bonds. The molecule has 120 valence electrons. The standard InChI is InChI=1S/C15H25NO5/c1-20-9-8-15(6-2-3-7-15)10-16-13(17)11-4-5-12(21-11)14(18)19/h11-12H,2-10H2,1H3,(H,16,17)(H,18,19)/t11-,12+/m0/s1. The van der Waals surface area contributed by atoms with Crippen LogP contribution >= 0.6 is 0 Å². The van der Waals surface area contributed by atoms with E-state index in [-0.39, 0.29) is 11.3 Å². The molecule has 2 atom stereocenters. The molecule has 1 saturated heterocycles. The fourth-order valence-corrected chi connectivity index (χ4v) is 3.36. The Kier molecular flexibility index (Phi) is 5.58. The predicted molar refractivity (Wildman–Crippen MR) is 75.9 cm³/mol. The van der Waals surface area contributed by atoms with Gasteiger partial charge in [0.05, 0.1) is 0 Å². The molecule has 1 heterocycles. The minimum atomic E-state index is -0.988. The maximum Gasteiger partial charge on any atom is 0.332 e. The highest BCUT2D eigenvalue weighted by Gasteiger charge is 2.37. The van der Waals surface area contributed by atoms with Gasteiger partial charge in [-0.25, -0.2) is 4.79 Å². The van der Waals surface area contributed by atoms with Crippen LogP contribution in [-0.4, -0.2) is 49.5 Å². The number of hydrogen-bond donors (Lipinski definition) is 2. The minimum Gasteiger partial charge on any atom is -0.479 e. The summed E-state index contributed by atoms with van der Waals surface area (Å²) in [4.78, 5) is 23.0. The van der Waals surface area contributed by atoms with E-state index in [1.54, 1.807) is 7.11 Å². The molecule has 0 spiro atoms. The average Bonchev–Trinajstić information content (AvgIpc) is 3.12. The molecule has 6 heteroatoms. The van der Waals surface area contributed by atoms with Crippen molar-refractivity contribution in [2.75, 3.05) is 20.3 Å². The van der Waals surface area contributed by atoms with E-state index < -0.39 is 18.2 Å². The molecule has 1 aliphatic carbocycles. The molecule has 0 aromatic carbocycles. The monoisotopic (exact) mass is 299 g/mol. The number of nitrogens with one attached hydrogen (secondary N) is 1. The van der Waals surface area contributed by atoms with Crippen molar-refractivity contribution in [1.29, 1.82) is 0 Å². The molecule has 0 unspecified atom stereocenters. The summed E-state index contributed by atoms with van der Waals surface area (Å²) >= 11 is 0. The van der Waals surface area contributed by atoms with Gasteiger partial charge < -0.3 is 19.9 Å². The lowest BCUT2D eigenvalue weighted by atomic mass is 9.83. The van der Waals surface area contributed by atoms with Crippen molar-refractivity contribution in [3.05, 3.63) is 0 Å². The summed E-state index contributed by atoms with van der Waals surface area (Å²) in [5.74, 6) is -1.17. The van der Waals surface area contributed by atoms with E-state index in [4.69, 9.17) is 14.6 Å². The lowest BCUT2D eigenvalue weighted by Crippen LogP contribution is -2.42. The minimum absolute atomic E-state index is 0.135. The molecule has 0 radical (unpaired) electrons. The summed E-state index contributed by atoms with van der Waals surface area (Å²) in [5.41, 5.74) is 0.135. The maximum absolute atomic E-state index is 12.1. The Balaban J connectivity index is 1.81. The van der Waals surface area contributed by atoms with Gasteiger partial charge in [0.2, 0.25) is 5.91 Å². The van der Waals surface area contributed by atoms with Crippen LogP contribution in [0.25, 0.3) is 0 Å². The molecule has 2 aliphatic rings. The van der Waals surface area contributed by atoms with Gasteiger partial charge in [0.25, 0.3) is 0 Å². The van der Waals surface area contributed by atoms with Crippen molar-refractivity contribution in [1.82, 2.24) is 5.32 Å². The second kappa shape index (κ2) is 7.22. The number of amides is 1. The number of carboxylic acid groups (broad SMARTS) is 1. The first-order valence-corrected chi connectivity index (χ1v) is 7.71. The van der Waals surface area contributed by atoms with Gasteiger partial charge in [0, 0.05) is 20.3 Å². The van der Waals surface area contributed by atoms with Crippen LogP contribution in [0.4, 0.5) is 0 Å². The fraction of sp³-hybridized carbons (Fsp3) is 0.867. The van der Waals surface area contributed by atoms with Crippen molar-refractivity contribution >= 4 is 11.9 Å². The van der Waals surface area contributed by atoms with Crippen molar-refractivity contribution < 1.29 is 24.2 Å². The van der Waals surface area contributed by atoms with E-state index in [1.165, 1.54) is 12.8 Å². The van der Waals surface area contributed by atoms with Crippen molar-refractivity contribution in [2.45, 2.75) is 57.2 Å². The van der Waals surface area contributed by atoms with Crippen LogP contribution in [-0.2, 0) is 19.1 Å². The zero-order chi connectivity index (χ0) is 15.3. The van der Waals surface area contributed by atoms with E-state index in [1.807, 2.05) is 0 Å². The summed E-state index contributed by atoms with van der Waals surface area (Å²) in [6, 6.07) is 0. The molecular weight excluding hydrogens is 274 g/mol. The number of aliphatic carboxylic acids is 1. The van der Waals surface area contributed by atoms with Crippen molar-refractivity contribution in [3.8, 4) is 0 Å². The first-order valence-electron chi connectivity index (χ1n) is 7.71. The van der Waals surface area contributed by atoms with Crippen LogP contribution in [0.2, 0.25) is 0 Å². The molecule has 2 fully saturated rings. The second-order valence-corrected chi connectivity index (χ2v) is 6.20. The van der Waals surface area contributed by atoms with Crippen LogP contribution in [0.1, 0.15) is 44.9 Å². The number of hydrogen-bond acceptors (Lipinski definition) is 4. The van der Waals surface area contributed by atoms with E-state index >= 15 is 0 Å². The Morgan fingerprint density at radius 2 is 1.95 bits per heavy atom. The SMILES string of the molecule is COCCC1(CNC(=O)[C@@H]2CC[C@H](C(=O)O)O2)CCCC1. The number of carboxylic acids is 1. The topological polar surface area (TPSA) is 84.9 Å². The predicted octanol–water partition coefficient (Wildman–Crippen LogP) is 1.33. The first-order chi connectivity index (χ1) is 10.1. The van der Waals surface area contributed by atoms with E-state index in [2.05, 4.69) is 5.32 Å². The quantitative estimate of drug-likeness (QED) is 0.741. The summed E-state index contributed by atoms with van der Waals surface area (Å²) in [5, 5.41) is 11.8. The Morgan fingerprint density at radius 1 is 1.29 bits per heavy atom. The average molecular weight is 299 g/mol. The second-order valence-electron chi connectivity index (χ2n) is 6.20. The Morgan fingerprint density at radius 3 is 2.52 bits per heavy atom. The highest BCUT2D eigenvalue weighted by atomic mass is 16.5. The van der Waals surface area contributed by atoms with Gasteiger partial charge in [-0.2, -0.15) is 0 Å². The van der Waals surface area contributed by atoms with E-state index in [0.29, 0.717) is 26.0 Å². The zero-order valence-electron chi connectivity index (χ0n) is 12.6. The third-order valence-corrected chi connectivity index (χ3v) is 4.73. The van der Waals surface area contributed by atoms with Gasteiger partial charge in [0.1, 0.15) is 6.10 Å². The molecule has 1 aliphatic heterocycles. The van der Waals surface area contributed by atoms with Crippen molar-refractivity contribution in [3.63, 3.8) is 0 Å². The number of carbonyl (C=O) groups is 2. The molecule has 0 bridgehead atoms. The molecule has 6 nitrogen and oxygen atoms in total. The maximum atomic E-state index is 12.1. The Hall–Kier alpha value is -1.14. The van der Waals surface area contributed by atoms with Gasteiger partial charge in [-0.1, -0.05) is 12.8 Å². The Bertz CT molecular complexity index is 378. The number of rotatable bonds is 7. The van der Waals surface area contributed by atoms with Crippen LogP contribution < -0.4 is 5.32 Å². The molecule has 1 saturated carbocycles. The summed E-state index contributed by atoms with van der Waals surface area (Å²) in [6.07, 6.45) is 4.99. The largest absolute Gasteiger partial charge is 0.479 e. The third-order valence-electron chi connectivity index (χ3n) is 4.73. The van der Waals surface area contributed by atoms with Crippen molar-refractivity contribution in [2.24, 2.45) is 5.41 Å². The fourth-order valence-electron chi connectivity index (χ4n) is 3.36. The number of ether oxygens (including phenoxy) is 2. The summed E-state index contributed by atoms with van der Waals surface area (Å²) < 4.78 is 10.5. The highest BCUT2D eigenvalue weighted by molar-refractivity contribution is 5.82. The molecule has 0 aromatic heterocycles. The van der Waals surface area contributed by atoms with Crippen LogP contribution in [0, 0.1) is 5.41 Å². The number of methoxy groups -OCH3 is 1. The molecular formula is C15H25NO5. The molecule has 21 heavy (non-hydrogen) atoms. The summed E-state index contributed by atoms with van der Waals surface area (Å²) in [7, 11) is 1.69. The zero-order valence-corrected chi connectivity index (χ0v) is 12.6. The molecule has 2 rings (SSSR count). The van der Waals surface area contributed by atoms with Gasteiger partial charge >= 0.3 is 5.97 Å². The third kappa shape index (κ3) is 4.17. The number of carbonyl (C=O) groups excluding carboxylic acids is 1. The molecule has 2 N–H and O–H groups in total. The summed E-state index contributed by atoms with van der Waals surface area (Å²) in [6.45, 7) is 1.34. The van der Waals surface area contributed by atoms with Gasteiger partial charge in [-0.05, 0) is 37.5 Å². The Labute approximate surface area is 125 Å². The highest BCUT2D eigenvalue weighted by Crippen LogP contribution is 2.40. The smallest absolute Gasteiger partial charge is 0.332 e. The van der Waals surface area contributed by atoms with Crippen LogP contribution in [0.15, 0.2) is 0 Å². The normalized spacial score (nSPS) is 27.7. The lowest BCUT2D eigenvalue weighted by Gasteiger charge is -2.29.